The van der Waals surface area contributed by atoms with Gasteiger partial charge < -0.3 is 11.1 Å². The van der Waals surface area contributed by atoms with E-state index in [9.17, 15) is 9.18 Å². The molecule has 1 aromatic carbocycles. The lowest BCUT2D eigenvalue weighted by Gasteiger charge is -2.11. The van der Waals surface area contributed by atoms with E-state index in [1.54, 1.807) is 42.5 Å². The van der Waals surface area contributed by atoms with E-state index in [1.165, 1.54) is 24.7 Å². The van der Waals surface area contributed by atoms with Gasteiger partial charge in [0, 0.05) is 31.7 Å². The fraction of sp³-hybridized carbons (Fsp3) is 0.0952. The molecule has 0 fully saturated rings. The Hall–Kier alpha value is -4.14. The van der Waals surface area contributed by atoms with Crippen LogP contribution in [0, 0.1) is 5.95 Å². The number of benzene rings is 1. The van der Waals surface area contributed by atoms with Crippen LogP contribution in [0.4, 0.5) is 15.8 Å². The highest BCUT2D eigenvalue weighted by Crippen LogP contribution is 2.27. The van der Waals surface area contributed by atoms with E-state index in [-0.39, 0.29) is 5.69 Å². The van der Waals surface area contributed by atoms with Gasteiger partial charge in [-0.2, -0.15) is 9.49 Å². The van der Waals surface area contributed by atoms with Crippen LogP contribution in [0.15, 0.2) is 60.2 Å². The van der Waals surface area contributed by atoms with E-state index >= 15 is 0 Å². The summed E-state index contributed by atoms with van der Waals surface area (Å²) in [6, 6.07) is 7.97. The molecule has 0 bridgehead atoms. The van der Waals surface area contributed by atoms with Crippen LogP contribution in [0.3, 0.4) is 0 Å². The van der Waals surface area contributed by atoms with Gasteiger partial charge in [0.15, 0.2) is 0 Å². The number of carbonyl (C=O) groups is 1. The molecule has 30 heavy (non-hydrogen) atoms. The van der Waals surface area contributed by atoms with Crippen LogP contribution in [-0.2, 0) is 0 Å². The number of hydrazone groups is 1. The lowest BCUT2D eigenvalue weighted by Crippen LogP contribution is -2.15. The first-order chi connectivity index (χ1) is 14.4. The molecule has 0 aliphatic rings. The second-order valence-electron chi connectivity index (χ2n) is 6.44. The normalized spacial score (nSPS) is 11.1. The number of nitrogen functional groups attached to an aromatic ring is 1. The summed E-state index contributed by atoms with van der Waals surface area (Å²) >= 11 is 0. The van der Waals surface area contributed by atoms with Crippen LogP contribution in [0.25, 0.3) is 16.7 Å². The molecule has 152 valence electrons. The quantitative estimate of drug-likeness (QED) is 0.281. The molecule has 2 aromatic heterocycles. The summed E-state index contributed by atoms with van der Waals surface area (Å²) in [5, 5.41) is 8.03. The van der Waals surface area contributed by atoms with Crippen molar-refractivity contribution in [1.82, 2.24) is 20.0 Å². The number of hydrogen-bond donors (Lipinski definition) is 2. The maximum Gasteiger partial charge on any atom is 0.275 e. The second-order valence-corrected chi connectivity index (χ2v) is 6.44. The number of pyridine rings is 1. The van der Waals surface area contributed by atoms with Crippen LogP contribution in [-0.4, -0.2) is 39.6 Å². The van der Waals surface area contributed by atoms with Crippen molar-refractivity contribution in [3.63, 3.8) is 0 Å². The largest absolute Gasteiger partial charge is 0.397 e. The second kappa shape index (κ2) is 8.91. The molecule has 3 rings (SSSR count). The Kier molecular flexibility index (Phi) is 6.11. The minimum absolute atomic E-state index is 0.134. The molecule has 0 radical (unpaired) electrons. The highest BCUT2D eigenvalue weighted by molar-refractivity contribution is 6.04. The van der Waals surface area contributed by atoms with E-state index in [1.807, 2.05) is 6.92 Å². The smallest absolute Gasteiger partial charge is 0.275 e. The van der Waals surface area contributed by atoms with Gasteiger partial charge in [0.2, 0.25) is 5.95 Å². The Bertz CT molecular complexity index is 1100. The van der Waals surface area contributed by atoms with Gasteiger partial charge in [-0.1, -0.05) is 6.07 Å². The topological polar surface area (TPSA) is 109 Å². The van der Waals surface area contributed by atoms with Gasteiger partial charge in [0.25, 0.3) is 5.91 Å². The highest BCUT2D eigenvalue weighted by Gasteiger charge is 2.12. The molecule has 3 N–H and O–H groups in total. The van der Waals surface area contributed by atoms with Gasteiger partial charge in [-0.3, -0.25) is 14.8 Å². The summed E-state index contributed by atoms with van der Waals surface area (Å²) in [5.41, 5.74) is 9.75. The number of aromatic nitrogens is 3. The van der Waals surface area contributed by atoms with Crippen molar-refractivity contribution in [2.24, 2.45) is 5.10 Å². The SMILES string of the molecule is C=NN(C)/C=C(\C)c1cnc(C(=O)Nc2cc(-c3ccc(F)nc3)ccc2N)cn1. The third kappa shape index (κ3) is 4.82. The van der Waals surface area contributed by atoms with E-state index in [0.717, 1.165) is 11.1 Å². The molecule has 3 aromatic rings. The first kappa shape index (κ1) is 20.6. The number of hydrogen-bond acceptors (Lipinski definition) is 7. The standard InChI is InChI=1S/C21H20FN7O/c1-13(12-29(3)24-2)18-10-26-19(11-25-18)21(30)28-17-8-14(4-6-16(17)23)15-5-7-20(22)27-9-15/h4-12H,2,23H2,1,3H3,(H,28,30)/b13-12+. The maximum atomic E-state index is 13.0. The summed E-state index contributed by atoms with van der Waals surface area (Å²) in [7, 11) is 1.74. The molecule has 9 heteroatoms. The average molecular weight is 405 g/mol. The van der Waals surface area contributed by atoms with Gasteiger partial charge in [-0.15, -0.1) is 0 Å². The van der Waals surface area contributed by atoms with Crippen molar-refractivity contribution in [2.45, 2.75) is 6.92 Å². The maximum absolute atomic E-state index is 13.0. The number of rotatable bonds is 6. The highest BCUT2D eigenvalue weighted by atomic mass is 19.1. The lowest BCUT2D eigenvalue weighted by atomic mass is 10.1. The van der Waals surface area contributed by atoms with Crippen molar-refractivity contribution in [3.8, 4) is 11.1 Å². The van der Waals surface area contributed by atoms with E-state index < -0.39 is 11.9 Å². The summed E-state index contributed by atoms with van der Waals surface area (Å²) < 4.78 is 13.0. The van der Waals surface area contributed by atoms with Crippen molar-refractivity contribution in [1.29, 1.82) is 0 Å². The van der Waals surface area contributed by atoms with Gasteiger partial charge in [-0.05, 0) is 42.3 Å². The molecule has 0 atom stereocenters. The minimum Gasteiger partial charge on any atom is -0.397 e. The zero-order chi connectivity index (χ0) is 21.7. The molecule has 0 aliphatic carbocycles. The molecule has 0 aliphatic heterocycles. The zero-order valence-corrected chi connectivity index (χ0v) is 16.5. The Balaban J connectivity index is 1.79. The van der Waals surface area contributed by atoms with Crippen LogP contribution in [0.5, 0.6) is 0 Å². The predicted molar refractivity (Wildman–Crippen MR) is 115 cm³/mol. The fourth-order valence-electron chi connectivity index (χ4n) is 2.61. The number of amides is 1. The fourth-order valence-corrected chi connectivity index (χ4v) is 2.61. The van der Waals surface area contributed by atoms with E-state index in [2.05, 4.69) is 32.1 Å². The molecule has 0 saturated carbocycles. The predicted octanol–water partition coefficient (Wildman–Crippen LogP) is 3.42. The number of nitrogens with two attached hydrogens (primary N) is 1. The lowest BCUT2D eigenvalue weighted by molar-refractivity contribution is 0.102. The molecule has 8 nitrogen and oxygen atoms in total. The molecular weight excluding hydrogens is 385 g/mol. The zero-order valence-electron chi connectivity index (χ0n) is 16.5. The molecule has 0 unspecified atom stereocenters. The van der Waals surface area contributed by atoms with Crippen molar-refractivity contribution in [2.75, 3.05) is 18.1 Å². The van der Waals surface area contributed by atoms with E-state index in [4.69, 9.17) is 5.73 Å². The Labute approximate surface area is 173 Å². The van der Waals surface area contributed by atoms with Crippen LogP contribution >= 0.6 is 0 Å². The van der Waals surface area contributed by atoms with Crippen LogP contribution < -0.4 is 11.1 Å². The Morgan fingerprint density at radius 1 is 1.13 bits per heavy atom. The Morgan fingerprint density at radius 2 is 1.83 bits per heavy atom. The van der Waals surface area contributed by atoms with Gasteiger partial charge >= 0.3 is 0 Å². The van der Waals surface area contributed by atoms with Crippen molar-refractivity contribution >= 4 is 29.6 Å². The van der Waals surface area contributed by atoms with Crippen molar-refractivity contribution < 1.29 is 9.18 Å². The third-order valence-electron chi connectivity index (χ3n) is 4.25. The number of carbonyl (C=O) groups excluding carboxylic acids is 1. The summed E-state index contributed by atoms with van der Waals surface area (Å²) in [6.45, 7) is 5.28. The first-order valence-corrected chi connectivity index (χ1v) is 8.90. The van der Waals surface area contributed by atoms with Gasteiger partial charge in [0.05, 0.1) is 29.5 Å². The van der Waals surface area contributed by atoms with Crippen LogP contribution in [0.1, 0.15) is 23.1 Å². The van der Waals surface area contributed by atoms with Crippen molar-refractivity contribution in [3.05, 3.63) is 72.5 Å². The summed E-state index contributed by atoms with van der Waals surface area (Å²) in [5.74, 6) is -1.02. The third-order valence-corrected chi connectivity index (χ3v) is 4.25. The molecule has 2 heterocycles. The Morgan fingerprint density at radius 3 is 2.47 bits per heavy atom. The minimum atomic E-state index is -0.567. The molecule has 1 amide bonds. The number of allylic oxidation sites excluding steroid dienone is 1. The van der Waals surface area contributed by atoms with E-state index in [0.29, 0.717) is 22.6 Å². The average Bonchev–Trinajstić information content (AvgIpc) is 2.75. The van der Waals surface area contributed by atoms with Crippen LogP contribution in [0.2, 0.25) is 0 Å². The monoisotopic (exact) mass is 405 g/mol. The molecule has 0 spiro atoms. The van der Waals surface area contributed by atoms with Gasteiger partial charge in [0.1, 0.15) is 5.69 Å². The number of anilines is 2. The number of nitrogens with zero attached hydrogens (tertiary/aromatic N) is 5. The summed E-state index contributed by atoms with van der Waals surface area (Å²) in [4.78, 5) is 24.7. The number of nitrogens with one attached hydrogen (secondary N) is 1. The number of halogens is 1. The summed E-state index contributed by atoms with van der Waals surface area (Å²) in [6.07, 6.45) is 6.04. The van der Waals surface area contributed by atoms with Gasteiger partial charge in [-0.25, -0.2) is 9.97 Å². The molecular formula is C21H20FN7O. The molecule has 0 saturated heterocycles. The first-order valence-electron chi connectivity index (χ1n) is 8.90.